The van der Waals surface area contributed by atoms with Gasteiger partial charge in [-0.3, -0.25) is 4.79 Å². The Kier molecular flexibility index (Phi) is 3.33. The average Bonchev–Trinajstić information content (AvgIpc) is 2.39. The lowest BCUT2D eigenvalue weighted by atomic mass is 10.0. The minimum atomic E-state index is -0.000941. The van der Waals surface area contributed by atoms with Crippen LogP contribution < -0.4 is 4.74 Å². The minimum absolute atomic E-state index is 0.000941. The van der Waals surface area contributed by atoms with E-state index in [-0.39, 0.29) is 5.75 Å². The Bertz CT molecular complexity index is 588. The van der Waals surface area contributed by atoms with Gasteiger partial charge in [-0.1, -0.05) is 12.1 Å². The van der Waals surface area contributed by atoms with E-state index in [0.29, 0.717) is 11.8 Å². The van der Waals surface area contributed by atoms with E-state index in [2.05, 4.69) is 0 Å². The molecule has 2 aromatic carbocycles. The Balaban J connectivity index is 2.48. The van der Waals surface area contributed by atoms with Crippen LogP contribution in [0.1, 0.15) is 15.9 Å². The molecule has 0 aliphatic rings. The topological polar surface area (TPSA) is 46.5 Å². The number of phenolic OH excluding ortho intramolecular Hbond substituents is 1. The summed E-state index contributed by atoms with van der Waals surface area (Å²) in [5, 5.41) is 9.47. The quantitative estimate of drug-likeness (QED) is 0.841. The number of aryl methyl sites for hydroxylation is 1. The van der Waals surface area contributed by atoms with Crippen LogP contribution in [0.15, 0.2) is 36.4 Å². The lowest BCUT2D eigenvalue weighted by molar-refractivity contribution is 0.112. The third-order valence-corrected chi connectivity index (χ3v) is 2.88. The Labute approximate surface area is 106 Å². The van der Waals surface area contributed by atoms with Gasteiger partial charge in [0.2, 0.25) is 0 Å². The summed E-state index contributed by atoms with van der Waals surface area (Å²) in [4.78, 5) is 10.8. The SMILES string of the molecule is COc1ccc(-c2ccc(O)c(C=O)c2)cc1C. The van der Waals surface area contributed by atoms with Gasteiger partial charge in [-0.15, -0.1) is 0 Å². The lowest BCUT2D eigenvalue weighted by Gasteiger charge is -2.08. The number of aldehydes is 1. The number of carbonyl (C=O) groups is 1. The van der Waals surface area contributed by atoms with Crippen molar-refractivity contribution in [3.8, 4) is 22.6 Å². The fourth-order valence-corrected chi connectivity index (χ4v) is 1.89. The number of rotatable bonds is 3. The first-order valence-electron chi connectivity index (χ1n) is 5.59. The third-order valence-electron chi connectivity index (χ3n) is 2.88. The first-order chi connectivity index (χ1) is 8.65. The number of hydrogen-bond donors (Lipinski definition) is 1. The largest absolute Gasteiger partial charge is 0.507 e. The Hall–Kier alpha value is -2.29. The fourth-order valence-electron chi connectivity index (χ4n) is 1.89. The zero-order valence-corrected chi connectivity index (χ0v) is 10.3. The first-order valence-corrected chi connectivity index (χ1v) is 5.59. The van der Waals surface area contributed by atoms with Gasteiger partial charge in [-0.2, -0.15) is 0 Å². The highest BCUT2D eigenvalue weighted by atomic mass is 16.5. The molecule has 0 atom stereocenters. The number of benzene rings is 2. The molecule has 3 nitrogen and oxygen atoms in total. The van der Waals surface area contributed by atoms with Gasteiger partial charge in [0, 0.05) is 0 Å². The smallest absolute Gasteiger partial charge is 0.153 e. The highest BCUT2D eigenvalue weighted by Crippen LogP contribution is 2.28. The second-order valence-corrected chi connectivity index (χ2v) is 4.08. The van der Waals surface area contributed by atoms with Crippen molar-refractivity contribution in [1.82, 2.24) is 0 Å². The minimum Gasteiger partial charge on any atom is -0.507 e. The van der Waals surface area contributed by atoms with E-state index in [1.54, 1.807) is 19.2 Å². The summed E-state index contributed by atoms with van der Waals surface area (Å²) < 4.78 is 5.20. The maximum absolute atomic E-state index is 10.8. The molecule has 2 aromatic rings. The predicted molar refractivity (Wildman–Crippen MR) is 70.2 cm³/mol. The molecule has 0 amide bonds. The standard InChI is InChI=1S/C15H14O3/c1-10-7-11(4-6-15(10)18-2)12-3-5-14(17)13(8-12)9-16/h3-9,17H,1-2H3. The molecule has 92 valence electrons. The van der Waals surface area contributed by atoms with Crippen LogP contribution in [-0.2, 0) is 0 Å². The van der Waals surface area contributed by atoms with Gasteiger partial charge in [0.05, 0.1) is 12.7 Å². The molecule has 0 aliphatic carbocycles. The molecule has 1 N–H and O–H groups in total. The second kappa shape index (κ2) is 4.92. The molecule has 0 aliphatic heterocycles. The number of aromatic hydroxyl groups is 1. The molecule has 2 rings (SSSR count). The Morgan fingerprint density at radius 3 is 2.39 bits per heavy atom. The first kappa shape index (κ1) is 12.2. The third kappa shape index (κ3) is 2.20. The molecule has 0 heterocycles. The van der Waals surface area contributed by atoms with Crippen LogP contribution in [0.3, 0.4) is 0 Å². The summed E-state index contributed by atoms with van der Waals surface area (Å²) in [6.07, 6.45) is 0.648. The number of phenols is 1. The van der Waals surface area contributed by atoms with Crippen LogP contribution >= 0.6 is 0 Å². The van der Waals surface area contributed by atoms with Gasteiger partial charge in [-0.05, 0) is 47.9 Å². The van der Waals surface area contributed by atoms with Crippen molar-refractivity contribution < 1.29 is 14.6 Å². The maximum Gasteiger partial charge on any atom is 0.153 e. The molecule has 0 aromatic heterocycles. The van der Waals surface area contributed by atoms with Crippen molar-refractivity contribution in [2.24, 2.45) is 0 Å². The molecule has 18 heavy (non-hydrogen) atoms. The van der Waals surface area contributed by atoms with E-state index < -0.39 is 0 Å². The van der Waals surface area contributed by atoms with Crippen LogP contribution in [0, 0.1) is 6.92 Å². The predicted octanol–water partition coefficient (Wildman–Crippen LogP) is 3.19. The average molecular weight is 242 g/mol. The lowest BCUT2D eigenvalue weighted by Crippen LogP contribution is -1.89. The summed E-state index contributed by atoms with van der Waals surface area (Å²) in [6.45, 7) is 1.96. The van der Waals surface area contributed by atoms with Crippen LogP contribution in [0.25, 0.3) is 11.1 Å². The van der Waals surface area contributed by atoms with E-state index >= 15 is 0 Å². The Morgan fingerprint density at radius 1 is 1.11 bits per heavy atom. The summed E-state index contributed by atoms with van der Waals surface area (Å²) in [7, 11) is 1.63. The van der Waals surface area contributed by atoms with Crippen molar-refractivity contribution >= 4 is 6.29 Å². The van der Waals surface area contributed by atoms with Gasteiger partial charge in [0.1, 0.15) is 11.5 Å². The molecule has 0 fully saturated rings. The number of methoxy groups -OCH3 is 1. The fraction of sp³-hybridized carbons (Fsp3) is 0.133. The molecule has 0 radical (unpaired) electrons. The van der Waals surface area contributed by atoms with Gasteiger partial charge in [0.15, 0.2) is 6.29 Å². The van der Waals surface area contributed by atoms with Crippen molar-refractivity contribution in [2.45, 2.75) is 6.92 Å². The van der Waals surface area contributed by atoms with Gasteiger partial charge in [-0.25, -0.2) is 0 Å². The number of carbonyl (C=O) groups excluding carboxylic acids is 1. The molecule has 0 saturated heterocycles. The van der Waals surface area contributed by atoms with Gasteiger partial charge < -0.3 is 9.84 Å². The van der Waals surface area contributed by atoms with E-state index in [9.17, 15) is 9.90 Å². The van der Waals surface area contributed by atoms with Crippen LogP contribution in [0.5, 0.6) is 11.5 Å². The second-order valence-electron chi connectivity index (χ2n) is 4.08. The normalized spacial score (nSPS) is 10.1. The van der Waals surface area contributed by atoms with Crippen LogP contribution in [-0.4, -0.2) is 18.5 Å². The molecule has 0 saturated carbocycles. The number of ether oxygens (including phenoxy) is 1. The molecular weight excluding hydrogens is 228 g/mol. The van der Waals surface area contributed by atoms with Crippen molar-refractivity contribution in [3.05, 3.63) is 47.5 Å². The van der Waals surface area contributed by atoms with E-state index in [0.717, 1.165) is 22.4 Å². The summed E-state index contributed by atoms with van der Waals surface area (Å²) in [5.74, 6) is 0.826. The van der Waals surface area contributed by atoms with Gasteiger partial charge >= 0.3 is 0 Å². The van der Waals surface area contributed by atoms with E-state index in [4.69, 9.17) is 4.74 Å². The molecule has 3 heteroatoms. The van der Waals surface area contributed by atoms with Crippen molar-refractivity contribution in [2.75, 3.05) is 7.11 Å². The molecular formula is C15H14O3. The highest BCUT2D eigenvalue weighted by molar-refractivity contribution is 5.82. The number of hydrogen-bond acceptors (Lipinski definition) is 3. The highest BCUT2D eigenvalue weighted by Gasteiger charge is 2.05. The van der Waals surface area contributed by atoms with Gasteiger partial charge in [0.25, 0.3) is 0 Å². The monoisotopic (exact) mass is 242 g/mol. The van der Waals surface area contributed by atoms with E-state index in [1.807, 2.05) is 25.1 Å². The summed E-state index contributed by atoms with van der Waals surface area (Å²) >= 11 is 0. The summed E-state index contributed by atoms with van der Waals surface area (Å²) in [5.41, 5.74) is 3.19. The molecule has 0 bridgehead atoms. The van der Waals surface area contributed by atoms with Crippen LogP contribution in [0.2, 0.25) is 0 Å². The van der Waals surface area contributed by atoms with Crippen molar-refractivity contribution in [1.29, 1.82) is 0 Å². The summed E-state index contributed by atoms with van der Waals surface area (Å²) in [6, 6.07) is 10.8. The van der Waals surface area contributed by atoms with E-state index in [1.165, 1.54) is 6.07 Å². The Morgan fingerprint density at radius 2 is 1.78 bits per heavy atom. The molecule has 0 spiro atoms. The van der Waals surface area contributed by atoms with Crippen LogP contribution in [0.4, 0.5) is 0 Å². The molecule has 0 unspecified atom stereocenters. The maximum atomic E-state index is 10.8. The zero-order valence-electron chi connectivity index (χ0n) is 10.3. The zero-order chi connectivity index (χ0) is 13.1. The van der Waals surface area contributed by atoms with Crippen molar-refractivity contribution in [3.63, 3.8) is 0 Å².